The minimum Gasteiger partial charge on any atom is -0.223 e. The second-order valence-corrected chi connectivity index (χ2v) is 4.59. The molecule has 98 valence electrons. The molecule has 0 saturated carbocycles. The average Bonchev–Trinajstić information content (AvgIpc) is 2.55. The van der Waals surface area contributed by atoms with Crippen molar-refractivity contribution < 1.29 is 0 Å². The van der Waals surface area contributed by atoms with Gasteiger partial charge in [0.1, 0.15) is 11.0 Å². The number of aromatic nitrogens is 3. The van der Waals surface area contributed by atoms with E-state index in [0.29, 0.717) is 11.0 Å². The summed E-state index contributed by atoms with van der Waals surface area (Å²) in [5.41, 5.74) is 9.93. The molecule has 0 radical (unpaired) electrons. The SMILES string of the molecule is [N-]=[N+]=Nc1nnc2c3ccccc3c3ccccc3c2n1. The van der Waals surface area contributed by atoms with E-state index in [1.54, 1.807) is 0 Å². The topological polar surface area (TPSA) is 87.4 Å². The number of azide groups is 1. The maximum absolute atomic E-state index is 8.53. The summed E-state index contributed by atoms with van der Waals surface area (Å²) < 4.78 is 0. The fourth-order valence-electron chi connectivity index (χ4n) is 2.62. The molecule has 0 amide bonds. The quantitative estimate of drug-likeness (QED) is 0.224. The van der Waals surface area contributed by atoms with Crippen molar-refractivity contribution in [2.75, 3.05) is 0 Å². The summed E-state index contributed by atoms with van der Waals surface area (Å²) in [5.74, 6) is 0.0328. The van der Waals surface area contributed by atoms with Gasteiger partial charge in [0.05, 0.1) is 0 Å². The fraction of sp³-hybridized carbons (Fsp3) is 0. The molecule has 0 aliphatic rings. The highest BCUT2D eigenvalue weighted by Crippen LogP contribution is 2.32. The number of fused-ring (bicyclic) bond motifs is 6. The van der Waals surface area contributed by atoms with E-state index >= 15 is 0 Å². The van der Waals surface area contributed by atoms with Crippen LogP contribution in [0, 0.1) is 0 Å². The molecular weight excluding hydrogens is 264 g/mol. The predicted octanol–water partition coefficient (Wildman–Crippen LogP) is 4.27. The Morgan fingerprint density at radius 3 is 1.95 bits per heavy atom. The lowest BCUT2D eigenvalue weighted by Gasteiger charge is -2.08. The minimum absolute atomic E-state index is 0.0328. The Bertz CT molecular complexity index is 1010. The Labute approximate surface area is 118 Å². The van der Waals surface area contributed by atoms with Crippen LogP contribution in [0.5, 0.6) is 0 Å². The molecule has 4 aromatic rings. The molecule has 0 spiro atoms. The summed E-state index contributed by atoms with van der Waals surface area (Å²) in [6, 6.07) is 16.0. The highest BCUT2D eigenvalue weighted by Gasteiger charge is 2.11. The largest absolute Gasteiger partial charge is 0.239 e. The van der Waals surface area contributed by atoms with Crippen LogP contribution in [-0.2, 0) is 0 Å². The zero-order valence-corrected chi connectivity index (χ0v) is 10.8. The molecule has 0 unspecified atom stereocenters. The standard InChI is InChI=1S/C15H8N6/c16-21-20-15-17-13-11-7-3-1-5-9(11)10-6-2-4-8-12(10)14(13)18-19-15/h1-8H. The van der Waals surface area contributed by atoms with E-state index in [9.17, 15) is 0 Å². The molecule has 0 saturated heterocycles. The van der Waals surface area contributed by atoms with Crippen LogP contribution in [0.2, 0.25) is 0 Å². The zero-order chi connectivity index (χ0) is 14.2. The van der Waals surface area contributed by atoms with E-state index in [1.165, 1.54) is 0 Å². The molecule has 0 aliphatic heterocycles. The summed E-state index contributed by atoms with van der Waals surface area (Å²) in [4.78, 5) is 7.06. The third-order valence-corrected chi connectivity index (χ3v) is 3.46. The van der Waals surface area contributed by atoms with Crippen LogP contribution < -0.4 is 0 Å². The first-order valence-corrected chi connectivity index (χ1v) is 6.37. The molecule has 4 rings (SSSR count). The van der Waals surface area contributed by atoms with Crippen molar-refractivity contribution in [2.24, 2.45) is 5.11 Å². The van der Waals surface area contributed by atoms with Crippen LogP contribution in [0.4, 0.5) is 5.95 Å². The lowest BCUT2D eigenvalue weighted by Crippen LogP contribution is -1.92. The number of rotatable bonds is 1. The summed E-state index contributed by atoms with van der Waals surface area (Å²) in [7, 11) is 0. The monoisotopic (exact) mass is 272 g/mol. The fourth-order valence-corrected chi connectivity index (χ4v) is 2.62. The first-order chi connectivity index (χ1) is 10.4. The number of hydrogen-bond donors (Lipinski definition) is 0. The highest BCUT2D eigenvalue weighted by atomic mass is 15.3. The lowest BCUT2D eigenvalue weighted by atomic mass is 10.00. The van der Waals surface area contributed by atoms with Gasteiger partial charge in [0.15, 0.2) is 0 Å². The van der Waals surface area contributed by atoms with Gasteiger partial charge in [-0.3, -0.25) is 0 Å². The van der Waals surface area contributed by atoms with E-state index in [1.807, 2.05) is 42.5 Å². The molecular formula is C15H8N6. The minimum atomic E-state index is 0.0328. The Morgan fingerprint density at radius 2 is 1.33 bits per heavy atom. The van der Waals surface area contributed by atoms with Gasteiger partial charge in [-0.1, -0.05) is 48.5 Å². The van der Waals surface area contributed by atoms with E-state index < -0.39 is 0 Å². The Morgan fingerprint density at radius 1 is 0.762 bits per heavy atom. The summed E-state index contributed by atoms with van der Waals surface area (Å²) in [6.45, 7) is 0. The summed E-state index contributed by atoms with van der Waals surface area (Å²) >= 11 is 0. The second kappa shape index (κ2) is 4.40. The summed E-state index contributed by atoms with van der Waals surface area (Å²) in [5, 5.41) is 15.7. The van der Waals surface area contributed by atoms with Gasteiger partial charge in [-0.2, -0.15) is 0 Å². The van der Waals surface area contributed by atoms with Gasteiger partial charge in [0.25, 0.3) is 0 Å². The van der Waals surface area contributed by atoms with E-state index in [4.69, 9.17) is 5.53 Å². The number of nitrogens with zero attached hydrogens (tertiary/aromatic N) is 6. The first-order valence-electron chi connectivity index (χ1n) is 6.37. The normalized spacial score (nSPS) is 10.9. The molecule has 0 fully saturated rings. The first kappa shape index (κ1) is 11.6. The lowest BCUT2D eigenvalue weighted by molar-refractivity contribution is 1.01. The van der Waals surface area contributed by atoms with Gasteiger partial charge in [-0.15, -0.1) is 10.2 Å². The maximum atomic E-state index is 8.53. The molecule has 1 heterocycles. The predicted molar refractivity (Wildman–Crippen MR) is 81.2 cm³/mol. The van der Waals surface area contributed by atoms with Crippen molar-refractivity contribution >= 4 is 38.5 Å². The van der Waals surface area contributed by atoms with Gasteiger partial charge in [-0.25, -0.2) is 4.98 Å². The van der Waals surface area contributed by atoms with Crippen LogP contribution in [0.3, 0.4) is 0 Å². The molecule has 6 nitrogen and oxygen atoms in total. The Balaban J connectivity index is 2.32. The Kier molecular flexibility index (Phi) is 2.43. The van der Waals surface area contributed by atoms with Crippen molar-refractivity contribution in [1.82, 2.24) is 15.2 Å². The molecule has 3 aromatic carbocycles. The van der Waals surface area contributed by atoms with Crippen molar-refractivity contribution in [1.29, 1.82) is 0 Å². The van der Waals surface area contributed by atoms with E-state index in [2.05, 4.69) is 31.3 Å². The third-order valence-electron chi connectivity index (χ3n) is 3.46. The van der Waals surface area contributed by atoms with Crippen LogP contribution in [0.1, 0.15) is 0 Å². The van der Waals surface area contributed by atoms with Gasteiger partial charge in [-0.05, 0) is 21.4 Å². The van der Waals surface area contributed by atoms with Gasteiger partial charge < -0.3 is 0 Å². The van der Waals surface area contributed by atoms with E-state index in [0.717, 1.165) is 21.5 Å². The van der Waals surface area contributed by atoms with Crippen molar-refractivity contribution in [3.05, 3.63) is 59.0 Å². The maximum Gasteiger partial charge on any atom is 0.239 e. The third kappa shape index (κ3) is 1.67. The second-order valence-electron chi connectivity index (χ2n) is 4.59. The van der Waals surface area contributed by atoms with Crippen LogP contribution in [0.25, 0.3) is 43.0 Å². The Hall–Kier alpha value is -3.24. The molecule has 0 atom stereocenters. The number of hydrogen-bond acceptors (Lipinski definition) is 4. The highest BCUT2D eigenvalue weighted by molar-refractivity contribution is 6.22. The van der Waals surface area contributed by atoms with Crippen molar-refractivity contribution in [3.63, 3.8) is 0 Å². The molecule has 1 aromatic heterocycles. The average molecular weight is 272 g/mol. The molecule has 0 N–H and O–H groups in total. The van der Waals surface area contributed by atoms with Crippen LogP contribution >= 0.6 is 0 Å². The smallest absolute Gasteiger partial charge is 0.223 e. The van der Waals surface area contributed by atoms with Gasteiger partial charge >= 0.3 is 0 Å². The van der Waals surface area contributed by atoms with Crippen LogP contribution in [0.15, 0.2) is 53.6 Å². The zero-order valence-electron chi connectivity index (χ0n) is 10.8. The molecule has 0 bridgehead atoms. The van der Waals surface area contributed by atoms with Gasteiger partial charge in [0, 0.05) is 15.7 Å². The molecule has 6 heteroatoms. The molecule has 21 heavy (non-hydrogen) atoms. The summed E-state index contributed by atoms with van der Waals surface area (Å²) in [6.07, 6.45) is 0. The van der Waals surface area contributed by atoms with Crippen molar-refractivity contribution in [2.45, 2.75) is 0 Å². The van der Waals surface area contributed by atoms with Crippen LogP contribution in [-0.4, -0.2) is 15.2 Å². The van der Waals surface area contributed by atoms with Crippen molar-refractivity contribution in [3.8, 4) is 0 Å². The van der Waals surface area contributed by atoms with E-state index in [-0.39, 0.29) is 5.95 Å². The molecule has 0 aliphatic carbocycles. The van der Waals surface area contributed by atoms with Gasteiger partial charge in [0.2, 0.25) is 5.95 Å². The number of benzene rings is 3.